The van der Waals surface area contributed by atoms with Gasteiger partial charge in [-0.2, -0.15) is 5.21 Å². The summed E-state index contributed by atoms with van der Waals surface area (Å²) in [6, 6.07) is 12.6. The van der Waals surface area contributed by atoms with Gasteiger partial charge < -0.3 is 14.5 Å². The minimum atomic E-state index is -4.81. The van der Waals surface area contributed by atoms with E-state index in [4.69, 9.17) is 0 Å². The van der Waals surface area contributed by atoms with Crippen LogP contribution in [0.1, 0.15) is 66.3 Å². The number of hydrogen-bond acceptors (Lipinski definition) is 6. The summed E-state index contributed by atoms with van der Waals surface area (Å²) in [6.45, 7) is 0. The fourth-order valence-electron chi connectivity index (χ4n) is 6.15. The Hall–Kier alpha value is -3.96. The van der Waals surface area contributed by atoms with Gasteiger partial charge in [-0.15, -0.1) is 23.4 Å². The van der Waals surface area contributed by atoms with Crippen molar-refractivity contribution >= 4 is 17.5 Å². The minimum absolute atomic E-state index is 0.0350. The molecule has 9 nitrogen and oxygen atoms in total. The van der Waals surface area contributed by atoms with Crippen LogP contribution < -0.4 is 9.64 Å². The van der Waals surface area contributed by atoms with Crippen LogP contribution in [0.25, 0.3) is 0 Å². The van der Waals surface area contributed by atoms with E-state index >= 15 is 0 Å². The number of tetrazole rings is 1. The molecule has 1 aliphatic heterocycles. The van der Waals surface area contributed by atoms with Crippen molar-refractivity contribution in [2.75, 3.05) is 4.90 Å². The normalized spacial score (nSPS) is 22.2. The van der Waals surface area contributed by atoms with Crippen LogP contribution in [-0.4, -0.2) is 55.8 Å². The molecule has 0 saturated heterocycles. The van der Waals surface area contributed by atoms with E-state index in [1.165, 1.54) is 12.1 Å². The van der Waals surface area contributed by atoms with Crippen LogP contribution in [0.5, 0.6) is 5.75 Å². The Balaban J connectivity index is 1.32. The SMILES string of the molecule is O=C(c1ccc(OC(F)(F)F)cc1)N1c2ccccc2[C@H](N(C(=O)CCc2nn[nH]n2)C2CC2)[C@H]2CCC[C@H]21. The van der Waals surface area contributed by atoms with Crippen molar-refractivity contribution in [1.82, 2.24) is 25.5 Å². The molecule has 0 bridgehead atoms. The van der Waals surface area contributed by atoms with Gasteiger partial charge in [-0.1, -0.05) is 29.8 Å². The number of amides is 2. The lowest BCUT2D eigenvalue weighted by atomic mass is 9.81. The number of H-pyrrole nitrogens is 1. The number of para-hydroxylation sites is 1. The lowest BCUT2D eigenvalue weighted by Crippen LogP contribution is -2.53. The second-order valence-corrected chi connectivity index (χ2v) is 10.3. The lowest BCUT2D eigenvalue weighted by Gasteiger charge is -2.48. The van der Waals surface area contributed by atoms with E-state index < -0.39 is 6.36 Å². The molecule has 2 fully saturated rings. The summed E-state index contributed by atoms with van der Waals surface area (Å²) in [6.07, 6.45) is 0.301. The van der Waals surface area contributed by atoms with E-state index in [9.17, 15) is 22.8 Å². The fraction of sp³-hybridized carbons (Fsp3) is 0.444. The molecule has 2 amide bonds. The molecule has 2 saturated carbocycles. The predicted octanol–water partition coefficient (Wildman–Crippen LogP) is 4.59. The number of carbonyl (C=O) groups is 2. The predicted molar refractivity (Wildman–Crippen MR) is 133 cm³/mol. The van der Waals surface area contributed by atoms with Crippen molar-refractivity contribution in [2.45, 2.75) is 69.4 Å². The molecule has 2 aromatic carbocycles. The summed E-state index contributed by atoms with van der Waals surface area (Å²) in [5, 5.41) is 13.9. The number of nitrogens with one attached hydrogen (secondary N) is 1. The molecule has 6 rings (SSSR count). The molecule has 204 valence electrons. The van der Waals surface area contributed by atoms with Crippen molar-refractivity contribution in [2.24, 2.45) is 5.92 Å². The Morgan fingerprint density at radius 1 is 1.05 bits per heavy atom. The average Bonchev–Trinajstić information content (AvgIpc) is 3.38. The second kappa shape index (κ2) is 9.97. The summed E-state index contributed by atoms with van der Waals surface area (Å²) >= 11 is 0. The third kappa shape index (κ3) is 5.07. The van der Waals surface area contributed by atoms with Gasteiger partial charge in [0.05, 0.1) is 6.04 Å². The first kappa shape index (κ1) is 25.3. The van der Waals surface area contributed by atoms with Crippen LogP contribution in [0.15, 0.2) is 48.5 Å². The maximum absolute atomic E-state index is 13.9. The van der Waals surface area contributed by atoms with Gasteiger partial charge in [0.2, 0.25) is 5.91 Å². The number of carbonyl (C=O) groups excluding carboxylic acids is 2. The van der Waals surface area contributed by atoms with Crippen LogP contribution in [0, 0.1) is 5.92 Å². The minimum Gasteiger partial charge on any atom is -0.406 e. The number of rotatable bonds is 7. The first-order chi connectivity index (χ1) is 18.8. The van der Waals surface area contributed by atoms with Gasteiger partial charge >= 0.3 is 6.36 Å². The first-order valence-corrected chi connectivity index (χ1v) is 13.1. The third-order valence-corrected chi connectivity index (χ3v) is 7.82. The largest absolute Gasteiger partial charge is 0.573 e. The van der Waals surface area contributed by atoms with E-state index in [-0.39, 0.29) is 53.6 Å². The number of anilines is 1. The monoisotopic (exact) mass is 540 g/mol. The Kier molecular flexibility index (Phi) is 6.48. The lowest BCUT2D eigenvalue weighted by molar-refractivity contribution is -0.274. The zero-order valence-electron chi connectivity index (χ0n) is 21.0. The van der Waals surface area contributed by atoms with Gasteiger partial charge in [0.15, 0.2) is 5.82 Å². The van der Waals surface area contributed by atoms with E-state index in [0.29, 0.717) is 12.2 Å². The van der Waals surface area contributed by atoms with Crippen LogP contribution in [-0.2, 0) is 11.2 Å². The summed E-state index contributed by atoms with van der Waals surface area (Å²) < 4.78 is 41.8. The Labute approximate surface area is 222 Å². The van der Waals surface area contributed by atoms with Crippen LogP contribution in [0.3, 0.4) is 0 Å². The molecule has 0 unspecified atom stereocenters. The maximum atomic E-state index is 13.9. The molecule has 39 heavy (non-hydrogen) atoms. The van der Waals surface area contributed by atoms with Crippen molar-refractivity contribution in [3.8, 4) is 5.75 Å². The van der Waals surface area contributed by atoms with Crippen molar-refractivity contribution in [3.05, 3.63) is 65.5 Å². The molecule has 0 spiro atoms. The topological polar surface area (TPSA) is 104 Å². The first-order valence-electron chi connectivity index (χ1n) is 13.1. The molecule has 0 radical (unpaired) electrons. The highest BCUT2D eigenvalue weighted by Gasteiger charge is 2.51. The molecule has 3 aromatic rings. The molecule has 12 heteroatoms. The summed E-state index contributed by atoms with van der Waals surface area (Å²) in [7, 11) is 0. The quantitative estimate of drug-likeness (QED) is 0.470. The van der Waals surface area contributed by atoms with Crippen molar-refractivity contribution in [1.29, 1.82) is 0 Å². The molecule has 1 aromatic heterocycles. The van der Waals surface area contributed by atoms with Crippen molar-refractivity contribution in [3.63, 3.8) is 0 Å². The number of hydrogen-bond donors (Lipinski definition) is 1. The van der Waals surface area contributed by atoms with E-state index in [0.717, 1.165) is 55.5 Å². The number of alkyl halides is 3. The van der Waals surface area contributed by atoms with Gasteiger partial charge in [-0.3, -0.25) is 9.59 Å². The summed E-state index contributed by atoms with van der Waals surface area (Å²) in [5.74, 6) is -0.0847. The number of fused-ring (bicyclic) bond motifs is 2. The Morgan fingerprint density at radius 2 is 1.82 bits per heavy atom. The molecule has 3 atom stereocenters. The highest BCUT2D eigenvalue weighted by Crippen LogP contribution is 2.53. The van der Waals surface area contributed by atoms with Crippen LogP contribution >= 0.6 is 0 Å². The zero-order chi connectivity index (χ0) is 27.1. The molecule has 3 aliphatic rings. The van der Waals surface area contributed by atoms with E-state index in [1.807, 2.05) is 29.2 Å². The highest BCUT2D eigenvalue weighted by molar-refractivity contribution is 6.07. The average molecular weight is 541 g/mol. The van der Waals surface area contributed by atoms with Gasteiger partial charge in [0.1, 0.15) is 5.75 Å². The Bertz CT molecular complexity index is 1340. The van der Waals surface area contributed by atoms with Gasteiger partial charge in [0, 0.05) is 42.1 Å². The van der Waals surface area contributed by atoms with Gasteiger partial charge in [0.25, 0.3) is 5.91 Å². The summed E-state index contributed by atoms with van der Waals surface area (Å²) in [4.78, 5) is 31.3. The molecular weight excluding hydrogens is 513 g/mol. The molecule has 2 heterocycles. The standard InChI is InChI=1S/C27H27F3N6O3/c28-27(29,30)39-18-12-8-16(9-13-18)26(38)36-21-6-2-1-4-19(21)25(20-5-3-7-22(20)36)35(17-10-11-17)24(37)15-14-23-31-33-34-32-23/h1-2,4,6,8-9,12-13,17,20,22,25H,3,5,7,10-11,14-15H2,(H,31,32,33,34)/t20-,22+,25-/m0/s1. The third-order valence-electron chi connectivity index (χ3n) is 7.82. The molecule has 2 aliphatic carbocycles. The maximum Gasteiger partial charge on any atom is 0.573 e. The van der Waals surface area contributed by atoms with E-state index in [1.54, 1.807) is 4.90 Å². The van der Waals surface area contributed by atoms with Crippen LogP contribution in [0.2, 0.25) is 0 Å². The second-order valence-electron chi connectivity index (χ2n) is 10.3. The number of aryl methyl sites for hydroxylation is 1. The van der Waals surface area contributed by atoms with Crippen LogP contribution in [0.4, 0.5) is 18.9 Å². The van der Waals surface area contributed by atoms with Crippen molar-refractivity contribution < 1.29 is 27.5 Å². The molecular formula is C27H27F3N6O3. The fourth-order valence-corrected chi connectivity index (χ4v) is 6.15. The van der Waals surface area contributed by atoms with Gasteiger partial charge in [-0.05, 0) is 61.6 Å². The number of nitrogens with zero attached hydrogens (tertiary/aromatic N) is 5. The number of halogens is 3. The highest BCUT2D eigenvalue weighted by atomic mass is 19.4. The molecule has 1 N–H and O–H groups in total. The number of benzene rings is 2. The Morgan fingerprint density at radius 3 is 2.51 bits per heavy atom. The van der Waals surface area contributed by atoms with E-state index in [2.05, 4.69) is 25.4 Å². The number of ether oxygens (including phenoxy) is 1. The number of aromatic nitrogens is 4. The van der Waals surface area contributed by atoms with Gasteiger partial charge in [-0.25, -0.2) is 0 Å². The number of aromatic amines is 1. The zero-order valence-corrected chi connectivity index (χ0v) is 21.0. The summed E-state index contributed by atoms with van der Waals surface area (Å²) in [5.41, 5.74) is 1.94. The smallest absolute Gasteiger partial charge is 0.406 e.